The summed E-state index contributed by atoms with van der Waals surface area (Å²) in [5, 5.41) is 14.2. The summed E-state index contributed by atoms with van der Waals surface area (Å²) in [6.45, 7) is 0.821. The number of phenols is 1. The van der Waals surface area contributed by atoms with Crippen molar-refractivity contribution in [3.8, 4) is 5.75 Å². The van der Waals surface area contributed by atoms with Crippen molar-refractivity contribution in [3.05, 3.63) is 30.0 Å². The first-order chi connectivity index (χ1) is 8.34. The standard InChI is InChI=1S/C14H17NO2/c16-13-7-3-6-12-10(9-17-14(12)13)8-15-11-4-1-2-5-11/h3,6-7,9,11,15-16H,1-2,4-5,8H2. The van der Waals surface area contributed by atoms with Crippen LogP contribution in [0, 0.1) is 0 Å². The molecule has 3 nitrogen and oxygen atoms in total. The van der Waals surface area contributed by atoms with Crippen LogP contribution in [0.15, 0.2) is 28.9 Å². The number of nitrogens with one attached hydrogen (secondary N) is 1. The lowest BCUT2D eigenvalue weighted by atomic mass is 10.1. The third-order valence-corrected chi connectivity index (χ3v) is 3.60. The van der Waals surface area contributed by atoms with Gasteiger partial charge >= 0.3 is 0 Å². The molecule has 1 saturated carbocycles. The van der Waals surface area contributed by atoms with Gasteiger partial charge in [-0.15, -0.1) is 0 Å². The highest BCUT2D eigenvalue weighted by molar-refractivity contribution is 5.85. The maximum Gasteiger partial charge on any atom is 0.175 e. The third-order valence-electron chi connectivity index (χ3n) is 3.60. The molecule has 0 atom stereocenters. The first-order valence-electron chi connectivity index (χ1n) is 6.26. The molecule has 0 aliphatic heterocycles. The number of rotatable bonds is 3. The highest BCUT2D eigenvalue weighted by Crippen LogP contribution is 2.29. The molecule has 17 heavy (non-hydrogen) atoms. The van der Waals surface area contributed by atoms with E-state index in [9.17, 15) is 5.11 Å². The molecule has 1 heterocycles. The Morgan fingerprint density at radius 1 is 1.29 bits per heavy atom. The van der Waals surface area contributed by atoms with E-state index in [4.69, 9.17) is 4.42 Å². The predicted molar refractivity (Wildman–Crippen MR) is 67.0 cm³/mol. The quantitative estimate of drug-likeness (QED) is 0.852. The molecule has 1 aromatic heterocycles. The lowest BCUT2D eigenvalue weighted by molar-refractivity contribution is 0.464. The van der Waals surface area contributed by atoms with Gasteiger partial charge in [0, 0.05) is 23.5 Å². The number of para-hydroxylation sites is 1. The molecule has 0 amide bonds. The van der Waals surface area contributed by atoms with Crippen molar-refractivity contribution in [2.45, 2.75) is 38.3 Å². The van der Waals surface area contributed by atoms with Gasteiger partial charge < -0.3 is 14.8 Å². The number of phenolic OH excluding ortho intramolecular Hbond substituents is 1. The fourth-order valence-corrected chi connectivity index (χ4v) is 2.62. The second kappa shape index (κ2) is 4.41. The van der Waals surface area contributed by atoms with Crippen LogP contribution >= 0.6 is 0 Å². The second-order valence-corrected chi connectivity index (χ2v) is 4.78. The monoisotopic (exact) mass is 231 g/mol. The molecule has 1 aliphatic rings. The van der Waals surface area contributed by atoms with Crippen LogP contribution in [-0.2, 0) is 6.54 Å². The molecule has 1 fully saturated rings. The van der Waals surface area contributed by atoms with E-state index in [0.29, 0.717) is 11.6 Å². The normalized spacial score (nSPS) is 16.9. The second-order valence-electron chi connectivity index (χ2n) is 4.78. The minimum atomic E-state index is 0.217. The van der Waals surface area contributed by atoms with Crippen molar-refractivity contribution in [3.63, 3.8) is 0 Å². The number of fused-ring (bicyclic) bond motifs is 1. The first-order valence-corrected chi connectivity index (χ1v) is 6.26. The van der Waals surface area contributed by atoms with E-state index < -0.39 is 0 Å². The van der Waals surface area contributed by atoms with Crippen molar-refractivity contribution in [2.24, 2.45) is 0 Å². The molecule has 3 rings (SSSR count). The van der Waals surface area contributed by atoms with Crippen LogP contribution in [0.5, 0.6) is 5.75 Å². The lowest BCUT2D eigenvalue weighted by Crippen LogP contribution is -2.25. The van der Waals surface area contributed by atoms with E-state index >= 15 is 0 Å². The maximum absolute atomic E-state index is 9.65. The van der Waals surface area contributed by atoms with Crippen molar-refractivity contribution in [1.29, 1.82) is 0 Å². The largest absolute Gasteiger partial charge is 0.504 e. The van der Waals surface area contributed by atoms with E-state index in [-0.39, 0.29) is 5.75 Å². The van der Waals surface area contributed by atoms with Crippen molar-refractivity contribution in [1.82, 2.24) is 5.32 Å². The summed E-state index contributed by atoms with van der Waals surface area (Å²) >= 11 is 0. The molecular weight excluding hydrogens is 214 g/mol. The van der Waals surface area contributed by atoms with Gasteiger partial charge in [-0.3, -0.25) is 0 Å². The van der Waals surface area contributed by atoms with Crippen LogP contribution in [-0.4, -0.2) is 11.1 Å². The summed E-state index contributed by atoms with van der Waals surface area (Å²) in [4.78, 5) is 0. The Morgan fingerprint density at radius 3 is 2.94 bits per heavy atom. The predicted octanol–water partition coefficient (Wildman–Crippen LogP) is 3.17. The van der Waals surface area contributed by atoms with Crippen molar-refractivity contribution >= 4 is 11.0 Å². The van der Waals surface area contributed by atoms with Crippen molar-refractivity contribution < 1.29 is 9.52 Å². The van der Waals surface area contributed by atoms with Gasteiger partial charge in [0.05, 0.1) is 6.26 Å². The molecule has 3 heteroatoms. The van der Waals surface area contributed by atoms with Crippen LogP contribution in [0.2, 0.25) is 0 Å². The van der Waals surface area contributed by atoms with Crippen LogP contribution < -0.4 is 5.32 Å². The van der Waals surface area contributed by atoms with E-state index in [1.807, 2.05) is 12.1 Å². The van der Waals surface area contributed by atoms with Gasteiger partial charge in [-0.1, -0.05) is 25.0 Å². The minimum Gasteiger partial charge on any atom is -0.504 e. The molecule has 2 N–H and O–H groups in total. The molecular formula is C14H17NO2. The molecule has 1 aromatic carbocycles. The Balaban J connectivity index is 1.78. The lowest BCUT2D eigenvalue weighted by Gasteiger charge is -2.10. The molecule has 0 spiro atoms. The topological polar surface area (TPSA) is 45.4 Å². The zero-order valence-corrected chi connectivity index (χ0v) is 9.78. The third kappa shape index (κ3) is 2.03. The van der Waals surface area contributed by atoms with E-state index in [2.05, 4.69) is 5.32 Å². The van der Waals surface area contributed by atoms with E-state index in [0.717, 1.165) is 17.5 Å². The molecule has 0 bridgehead atoms. The van der Waals surface area contributed by atoms with E-state index in [1.165, 1.54) is 25.7 Å². The molecule has 0 radical (unpaired) electrons. The first kappa shape index (κ1) is 10.7. The Hall–Kier alpha value is -1.48. The number of aromatic hydroxyl groups is 1. The molecule has 2 aromatic rings. The SMILES string of the molecule is Oc1cccc2c(CNC3CCCC3)coc12. The fraction of sp³-hybridized carbons (Fsp3) is 0.429. The highest BCUT2D eigenvalue weighted by atomic mass is 16.3. The van der Waals surface area contributed by atoms with Crippen molar-refractivity contribution in [2.75, 3.05) is 0 Å². The van der Waals surface area contributed by atoms with Gasteiger partial charge in [0.25, 0.3) is 0 Å². The zero-order chi connectivity index (χ0) is 11.7. The Labute approximate surface area is 100 Å². The van der Waals surface area contributed by atoms with Gasteiger partial charge in [-0.2, -0.15) is 0 Å². The van der Waals surface area contributed by atoms with Gasteiger partial charge in [-0.25, -0.2) is 0 Å². The highest BCUT2D eigenvalue weighted by Gasteiger charge is 2.15. The molecule has 0 unspecified atom stereocenters. The number of hydrogen-bond acceptors (Lipinski definition) is 3. The van der Waals surface area contributed by atoms with Crippen LogP contribution in [0.4, 0.5) is 0 Å². The summed E-state index contributed by atoms with van der Waals surface area (Å²) < 4.78 is 5.41. The summed E-state index contributed by atoms with van der Waals surface area (Å²) in [7, 11) is 0. The average Bonchev–Trinajstić information content (AvgIpc) is 2.95. The summed E-state index contributed by atoms with van der Waals surface area (Å²) in [6.07, 6.45) is 6.98. The zero-order valence-electron chi connectivity index (χ0n) is 9.78. The average molecular weight is 231 g/mol. The van der Waals surface area contributed by atoms with Gasteiger partial charge in [0.2, 0.25) is 0 Å². The Bertz CT molecular complexity index is 512. The van der Waals surface area contributed by atoms with Crippen LogP contribution in [0.25, 0.3) is 11.0 Å². The van der Waals surface area contributed by atoms with Gasteiger partial charge in [0.1, 0.15) is 0 Å². The number of benzene rings is 1. The smallest absolute Gasteiger partial charge is 0.175 e. The van der Waals surface area contributed by atoms with Gasteiger partial charge in [-0.05, 0) is 18.9 Å². The molecule has 90 valence electrons. The van der Waals surface area contributed by atoms with Crippen LogP contribution in [0.3, 0.4) is 0 Å². The molecule has 0 saturated heterocycles. The maximum atomic E-state index is 9.65. The Kier molecular flexibility index (Phi) is 2.77. The number of furan rings is 1. The Morgan fingerprint density at radius 2 is 2.12 bits per heavy atom. The number of hydrogen-bond donors (Lipinski definition) is 2. The minimum absolute atomic E-state index is 0.217. The molecule has 1 aliphatic carbocycles. The van der Waals surface area contributed by atoms with Crippen LogP contribution in [0.1, 0.15) is 31.2 Å². The summed E-state index contributed by atoms with van der Waals surface area (Å²) in [6, 6.07) is 6.15. The fourth-order valence-electron chi connectivity index (χ4n) is 2.62. The summed E-state index contributed by atoms with van der Waals surface area (Å²) in [5.74, 6) is 0.217. The summed E-state index contributed by atoms with van der Waals surface area (Å²) in [5.41, 5.74) is 1.72. The van der Waals surface area contributed by atoms with E-state index in [1.54, 1.807) is 12.3 Å². The van der Waals surface area contributed by atoms with Gasteiger partial charge in [0.15, 0.2) is 11.3 Å².